The second-order valence-corrected chi connectivity index (χ2v) is 7.86. The predicted molar refractivity (Wildman–Crippen MR) is 115 cm³/mol. The maximum atomic E-state index is 12.7. The van der Waals surface area contributed by atoms with Gasteiger partial charge in [0.2, 0.25) is 5.91 Å². The Labute approximate surface area is 173 Å². The first-order valence-electron chi connectivity index (χ1n) is 10.4. The molecule has 0 atom stereocenters. The average Bonchev–Trinajstić information content (AvgIpc) is 2.78. The van der Waals surface area contributed by atoms with E-state index in [0.717, 1.165) is 44.5 Å². The van der Waals surface area contributed by atoms with E-state index in [-0.39, 0.29) is 11.4 Å². The topological polar surface area (TPSA) is 53.0 Å². The van der Waals surface area contributed by atoms with Crippen LogP contribution >= 0.6 is 0 Å². The quantitative estimate of drug-likeness (QED) is 0.708. The number of piperidine rings is 1. The third-order valence-corrected chi connectivity index (χ3v) is 5.95. The summed E-state index contributed by atoms with van der Waals surface area (Å²) in [7, 11) is 1.69. The summed E-state index contributed by atoms with van der Waals surface area (Å²) in [5.41, 5.74) is 2.03. The molecule has 5 nitrogen and oxygen atoms in total. The molecule has 1 heterocycles. The molecule has 1 aliphatic heterocycles. The Morgan fingerprint density at radius 2 is 1.62 bits per heavy atom. The lowest BCUT2D eigenvalue weighted by Gasteiger charge is -2.48. The van der Waals surface area contributed by atoms with Crippen LogP contribution in [0.2, 0.25) is 0 Å². The molecule has 2 aromatic rings. The minimum absolute atomic E-state index is 0.233. The molecule has 1 aliphatic rings. The number of rotatable bonds is 9. The van der Waals surface area contributed by atoms with Crippen LogP contribution in [0.3, 0.4) is 0 Å². The minimum Gasteiger partial charge on any atom is -0.387 e. The fourth-order valence-corrected chi connectivity index (χ4v) is 4.26. The molecule has 156 valence electrons. The lowest BCUT2D eigenvalue weighted by Crippen LogP contribution is -2.60. The van der Waals surface area contributed by atoms with Gasteiger partial charge in [0.15, 0.2) is 0 Å². The molecule has 0 unspecified atom stereocenters. The molecule has 0 radical (unpaired) electrons. The summed E-state index contributed by atoms with van der Waals surface area (Å²) in [5, 5.41) is 9.62. The highest BCUT2D eigenvalue weighted by Gasteiger charge is 2.42. The number of aliphatic hydroxyl groups is 1. The summed E-state index contributed by atoms with van der Waals surface area (Å²) in [6, 6.07) is 20.5. The molecular formula is C24H32N2O3. The zero-order valence-electron chi connectivity index (χ0n) is 17.3. The summed E-state index contributed by atoms with van der Waals surface area (Å²) >= 11 is 0. The Kier molecular flexibility index (Phi) is 7.81. The van der Waals surface area contributed by atoms with Gasteiger partial charge in [-0.2, -0.15) is 0 Å². The molecule has 5 heteroatoms. The van der Waals surface area contributed by atoms with Gasteiger partial charge >= 0.3 is 0 Å². The largest absolute Gasteiger partial charge is 0.387 e. The van der Waals surface area contributed by atoms with Crippen LogP contribution in [-0.4, -0.2) is 66.3 Å². The lowest BCUT2D eigenvalue weighted by molar-refractivity contribution is -0.147. The van der Waals surface area contributed by atoms with Gasteiger partial charge in [-0.05, 0) is 30.4 Å². The van der Waals surface area contributed by atoms with Crippen LogP contribution in [0.15, 0.2) is 60.7 Å². The second kappa shape index (κ2) is 10.5. The highest BCUT2D eigenvalue weighted by Crippen LogP contribution is 2.31. The van der Waals surface area contributed by atoms with Crippen LogP contribution in [0, 0.1) is 0 Å². The van der Waals surface area contributed by atoms with Crippen molar-refractivity contribution in [1.29, 1.82) is 0 Å². The second-order valence-electron chi connectivity index (χ2n) is 7.86. The highest BCUT2D eigenvalue weighted by molar-refractivity contribution is 5.78. The third kappa shape index (κ3) is 5.66. The van der Waals surface area contributed by atoms with E-state index >= 15 is 0 Å². The number of carbonyl (C=O) groups is 1. The number of amides is 1. The van der Waals surface area contributed by atoms with Crippen molar-refractivity contribution in [1.82, 2.24) is 9.80 Å². The van der Waals surface area contributed by atoms with Crippen LogP contribution in [0.25, 0.3) is 0 Å². The molecule has 0 spiro atoms. The van der Waals surface area contributed by atoms with Crippen molar-refractivity contribution in [2.75, 3.05) is 40.0 Å². The van der Waals surface area contributed by atoms with Gasteiger partial charge in [0.25, 0.3) is 0 Å². The number of hydrogen-bond acceptors (Lipinski definition) is 4. The van der Waals surface area contributed by atoms with E-state index in [1.807, 2.05) is 41.3 Å². The molecule has 0 bridgehead atoms. The zero-order chi connectivity index (χ0) is 20.5. The number of carbonyl (C=O) groups excluding carboxylic acids is 1. The first kappa shape index (κ1) is 21.5. The number of likely N-dealkylation sites (tertiary alicyclic amines) is 1. The Morgan fingerprint density at radius 1 is 1.03 bits per heavy atom. The van der Waals surface area contributed by atoms with E-state index in [0.29, 0.717) is 13.2 Å². The molecular weight excluding hydrogens is 364 g/mol. The molecule has 29 heavy (non-hydrogen) atoms. The van der Waals surface area contributed by atoms with Crippen molar-refractivity contribution in [3.05, 3.63) is 71.8 Å². The summed E-state index contributed by atoms with van der Waals surface area (Å²) in [6.07, 6.45) is 2.71. The molecule has 2 aromatic carbocycles. The van der Waals surface area contributed by atoms with Gasteiger partial charge in [0.1, 0.15) is 6.61 Å². The first-order valence-corrected chi connectivity index (χ1v) is 10.4. The first-order chi connectivity index (χ1) is 14.2. The monoisotopic (exact) mass is 396 g/mol. The molecule has 3 rings (SSSR count). The van der Waals surface area contributed by atoms with Gasteiger partial charge in [-0.25, -0.2) is 0 Å². The van der Waals surface area contributed by atoms with Gasteiger partial charge in [0, 0.05) is 33.3 Å². The summed E-state index contributed by atoms with van der Waals surface area (Å²) < 4.78 is 5.57. The summed E-state index contributed by atoms with van der Waals surface area (Å²) in [4.78, 5) is 17.0. The van der Waals surface area contributed by atoms with Crippen molar-refractivity contribution in [2.24, 2.45) is 0 Å². The Bertz CT molecular complexity index is 743. The van der Waals surface area contributed by atoms with Crippen molar-refractivity contribution >= 4 is 5.91 Å². The Balaban J connectivity index is 1.68. The average molecular weight is 397 g/mol. The maximum Gasteiger partial charge on any atom is 0.249 e. The van der Waals surface area contributed by atoms with E-state index in [4.69, 9.17) is 4.74 Å². The predicted octanol–water partition coefficient (Wildman–Crippen LogP) is 2.73. The van der Waals surface area contributed by atoms with Crippen LogP contribution < -0.4 is 0 Å². The molecule has 0 aromatic heterocycles. The van der Waals surface area contributed by atoms with E-state index < -0.39 is 6.61 Å². The van der Waals surface area contributed by atoms with Crippen LogP contribution in [0.4, 0.5) is 0 Å². The van der Waals surface area contributed by atoms with Crippen molar-refractivity contribution in [2.45, 2.75) is 31.3 Å². The highest BCUT2D eigenvalue weighted by atomic mass is 16.5. The van der Waals surface area contributed by atoms with Crippen LogP contribution in [0.5, 0.6) is 0 Å². The normalized spacial score (nSPS) is 16.5. The van der Waals surface area contributed by atoms with Gasteiger partial charge in [-0.3, -0.25) is 4.79 Å². The van der Waals surface area contributed by atoms with Crippen LogP contribution in [0.1, 0.15) is 24.0 Å². The molecule has 1 saturated heterocycles. The summed E-state index contributed by atoms with van der Waals surface area (Å²) in [6.45, 7) is 3.35. The number of methoxy groups -OCH3 is 1. The van der Waals surface area contributed by atoms with Crippen molar-refractivity contribution in [3.63, 3.8) is 0 Å². The SMILES string of the molecule is COCC1(N(Cc2ccccc2)C(=O)CO)CCN(CCc2ccccc2)CC1. The van der Waals surface area contributed by atoms with E-state index in [1.54, 1.807) is 7.11 Å². The van der Waals surface area contributed by atoms with Gasteiger partial charge in [0.05, 0.1) is 12.1 Å². The van der Waals surface area contributed by atoms with Gasteiger partial charge < -0.3 is 19.6 Å². The maximum absolute atomic E-state index is 12.7. The third-order valence-electron chi connectivity index (χ3n) is 5.95. The Morgan fingerprint density at radius 3 is 2.17 bits per heavy atom. The molecule has 1 N–H and O–H groups in total. The van der Waals surface area contributed by atoms with Gasteiger partial charge in [-0.15, -0.1) is 0 Å². The molecule has 1 amide bonds. The number of benzene rings is 2. The fraction of sp³-hybridized carbons (Fsp3) is 0.458. The Hall–Kier alpha value is -2.21. The molecule has 0 saturated carbocycles. The number of hydrogen-bond donors (Lipinski definition) is 1. The number of ether oxygens (including phenoxy) is 1. The van der Waals surface area contributed by atoms with E-state index in [1.165, 1.54) is 5.56 Å². The molecule has 0 aliphatic carbocycles. The zero-order valence-corrected chi connectivity index (χ0v) is 17.3. The van der Waals surface area contributed by atoms with Gasteiger partial charge in [-0.1, -0.05) is 60.7 Å². The van der Waals surface area contributed by atoms with Crippen molar-refractivity contribution < 1.29 is 14.6 Å². The lowest BCUT2D eigenvalue weighted by atomic mass is 9.85. The van der Waals surface area contributed by atoms with Crippen molar-refractivity contribution in [3.8, 4) is 0 Å². The van der Waals surface area contributed by atoms with Crippen LogP contribution in [-0.2, 0) is 22.5 Å². The number of aliphatic hydroxyl groups excluding tert-OH is 1. The smallest absolute Gasteiger partial charge is 0.249 e. The molecule has 1 fully saturated rings. The van der Waals surface area contributed by atoms with E-state index in [9.17, 15) is 9.90 Å². The number of nitrogens with zero attached hydrogens (tertiary/aromatic N) is 2. The standard InChI is InChI=1S/C24H32N2O3/c1-29-20-24(26(23(28)19-27)18-22-10-6-3-7-11-22)13-16-25(17-14-24)15-12-21-8-4-2-5-9-21/h2-11,27H,12-20H2,1H3. The summed E-state index contributed by atoms with van der Waals surface area (Å²) in [5.74, 6) is -0.233. The minimum atomic E-state index is -0.476. The fourth-order valence-electron chi connectivity index (χ4n) is 4.26. The van der Waals surface area contributed by atoms with E-state index in [2.05, 4.69) is 29.2 Å².